The average molecular weight is 252 g/mol. The summed E-state index contributed by atoms with van der Waals surface area (Å²) in [7, 11) is 0. The van der Waals surface area contributed by atoms with Crippen LogP contribution in [0.25, 0.3) is 0 Å². The summed E-state index contributed by atoms with van der Waals surface area (Å²) in [5.74, 6) is 0.272. The Bertz CT molecular complexity index is 308. The molecule has 1 saturated carbocycles. The normalized spacial score (nSPS) is 32.7. The van der Waals surface area contributed by atoms with Gasteiger partial charge in [0, 0.05) is 19.0 Å². The first kappa shape index (κ1) is 12.5. The van der Waals surface area contributed by atoms with Crippen LogP contribution in [0.1, 0.15) is 12.8 Å². The van der Waals surface area contributed by atoms with E-state index in [9.17, 15) is 23.1 Å². The van der Waals surface area contributed by atoms with Crippen LogP contribution in [-0.4, -0.2) is 48.0 Å². The molecule has 98 valence electrons. The Morgan fingerprint density at radius 3 is 2.65 bits per heavy atom. The molecule has 4 nitrogen and oxygen atoms in total. The molecule has 0 aromatic rings. The van der Waals surface area contributed by atoms with E-state index in [1.807, 2.05) is 5.32 Å². The first-order valence-electron chi connectivity index (χ1n) is 5.64. The Morgan fingerprint density at radius 2 is 2.06 bits per heavy atom. The van der Waals surface area contributed by atoms with Gasteiger partial charge in [-0.05, 0) is 18.8 Å². The van der Waals surface area contributed by atoms with Gasteiger partial charge in [-0.2, -0.15) is 13.2 Å². The maximum Gasteiger partial charge on any atom is 0.405 e. The Kier molecular flexibility index (Phi) is 3.20. The molecule has 7 heteroatoms. The fraction of sp³-hybridized carbons (Fsp3) is 0.900. The molecule has 3 atom stereocenters. The molecule has 1 aliphatic carbocycles. The number of nitrogens with one attached hydrogen (secondary N) is 1. The summed E-state index contributed by atoms with van der Waals surface area (Å²) < 4.78 is 35.8. The van der Waals surface area contributed by atoms with Crippen LogP contribution in [0.3, 0.4) is 0 Å². The van der Waals surface area contributed by atoms with Gasteiger partial charge in [0.05, 0.1) is 6.10 Å². The van der Waals surface area contributed by atoms with E-state index < -0.39 is 24.9 Å². The third-order valence-electron chi connectivity index (χ3n) is 3.55. The minimum absolute atomic E-state index is 0.0339. The quantitative estimate of drug-likeness (QED) is 0.730. The smallest absolute Gasteiger partial charge is 0.393 e. The van der Waals surface area contributed by atoms with Crippen LogP contribution in [0.5, 0.6) is 0 Å². The van der Waals surface area contributed by atoms with Gasteiger partial charge in [-0.15, -0.1) is 0 Å². The number of carbonyl (C=O) groups excluding carboxylic acids is 1. The van der Waals surface area contributed by atoms with Gasteiger partial charge in [0.2, 0.25) is 0 Å². The van der Waals surface area contributed by atoms with Crippen molar-refractivity contribution in [3.8, 4) is 0 Å². The van der Waals surface area contributed by atoms with E-state index in [-0.39, 0.29) is 11.8 Å². The summed E-state index contributed by atoms with van der Waals surface area (Å²) in [6.07, 6.45) is -3.23. The molecule has 1 heterocycles. The van der Waals surface area contributed by atoms with E-state index in [4.69, 9.17) is 0 Å². The van der Waals surface area contributed by atoms with E-state index in [1.54, 1.807) is 0 Å². The third-order valence-corrected chi connectivity index (χ3v) is 3.55. The number of alkyl halides is 3. The van der Waals surface area contributed by atoms with E-state index in [0.717, 1.165) is 12.8 Å². The van der Waals surface area contributed by atoms with Gasteiger partial charge in [-0.25, -0.2) is 4.79 Å². The van der Waals surface area contributed by atoms with Crippen molar-refractivity contribution in [2.75, 3.05) is 19.6 Å². The maximum atomic E-state index is 11.9. The molecule has 0 bridgehead atoms. The Morgan fingerprint density at radius 1 is 1.35 bits per heavy atom. The van der Waals surface area contributed by atoms with Crippen LogP contribution in [0.15, 0.2) is 0 Å². The zero-order valence-corrected chi connectivity index (χ0v) is 9.20. The van der Waals surface area contributed by atoms with Crippen molar-refractivity contribution >= 4 is 6.03 Å². The van der Waals surface area contributed by atoms with E-state index >= 15 is 0 Å². The molecule has 3 unspecified atom stereocenters. The number of aliphatic hydroxyl groups excluding tert-OH is 1. The van der Waals surface area contributed by atoms with Crippen LogP contribution < -0.4 is 5.32 Å². The van der Waals surface area contributed by atoms with Crippen molar-refractivity contribution in [1.29, 1.82) is 0 Å². The van der Waals surface area contributed by atoms with Gasteiger partial charge in [-0.3, -0.25) is 0 Å². The fourth-order valence-corrected chi connectivity index (χ4v) is 2.69. The number of rotatable bonds is 1. The van der Waals surface area contributed by atoms with E-state index in [1.165, 1.54) is 4.90 Å². The van der Waals surface area contributed by atoms with Gasteiger partial charge < -0.3 is 15.3 Å². The molecule has 2 fully saturated rings. The molecular weight excluding hydrogens is 237 g/mol. The Hall–Kier alpha value is -0.980. The molecule has 0 aromatic carbocycles. The highest BCUT2D eigenvalue weighted by Gasteiger charge is 2.43. The van der Waals surface area contributed by atoms with Crippen molar-refractivity contribution in [3.63, 3.8) is 0 Å². The van der Waals surface area contributed by atoms with Crippen LogP contribution in [0.4, 0.5) is 18.0 Å². The third kappa shape index (κ3) is 2.83. The molecule has 2 amide bonds. The zero-order valence-electron chi connectivity index (χ0n) is 9.20. The molecule has 2 aliphatic rings. The summed E-state index contributed by atoms with van der Waals surface area (Å²) in [4.78, 5) is 12.8. The lowest BCUT2D eigenvalue weighted by molar-refractivity contribution is -0.123. The number of halogens is 3. The Balaban J connectivity index is 1.83. The summed E-state index contributed by atoms with van der Waals surface area (Å²) in [6, 6.07) is -0.691. The number of aliphatic hydroxyl groups is 1. The molecule has 0 radical (unpaired) electrons. The lowest BCUT2D eigenvalue weighted by Gasteiger charge is -2.19. The molecule has 17 heavy (non-hydrogen) atoms. The number of likely N-dealkylation sites (tertiary alicyclic amines) is 1. The van der Waals surface area contributed by atoms with Gasteiger partial charge in [0.25, 0.3) is 0 Å². The molecule has 0 aromatic heterocycles. The van der Waals surface area contributed by atoms with Crippen molar-refractivity contribution < 1.29 is 23.1 Å². The average Bonchev–Trinajstić information content (AvgIpc) is 2.77. The minimum atomic E-state index is -4.38. The molecule has 2 N–H and O–H groups in total. The number of urea groups is 1. The second kappa shape index (κ2) is 4.36. The summed E-state index contributed by atoms with van der Waals surface area (Å²) >= 11 is 0. The van der Waals surface area contributed by atoms with Crippen LogP contribution in [-0.2, 0) is 0 Å². The van der Waals surface area contributed by atoms with E-state index in [2.05, 4.69) is 0 Å². The Labute approximate surface area is 96.8 Å². The second-order valence-electron chi connectivity index (χ2n) is 4.75. The molecule has 1 saturated heterocycles. The van der Waals surface area contributed by atoms with Crippen LogP contribution in [0.2, 0.25) is 0 Å². The first-order valence-corrected chi connectivity index (χ1v) is 5.64. The maximum absolute atomic E-state index is 11.9. The lowest BCUT2D eigenvalue weighted by atomic mass is 10.00. The highest BCUT2D eigenvalue weighted by molar-refractivity contribution is 5.74. The van der Waals surface area contributed by atoms with Crippen LogP contribution >= 0.6 is 0 Å². The summed E-state index contributed by atoms with van der Waals surface area (Å²) in [6.45, 7) is -0.499. The largest absolute Gasteiger partial charge is 0.405 e. The minimum Gasteiger partial charge on any atom is -0.393 e. The first-order chi connectivity index (χ1) is 7.87. The number of hydrogen-bond acceptors (Lipinski definition) is 2. The topological polar surface area (TPSA) is 52.6 Å². The van der Waals surface area contributed by atoms with Gasteiger partial charge in [0.1, 0.15) is 6.54 Å². The molecule has 0 spiro atoms. The van der Waals surface area contributed by atoms with Gasteiger partial charge in [-0.1, -0.05) is 0 Å². The van der Waals surface area contributed by atoms with Crippen molar-refractivity contribution in [1.82, 2.24) is 10.2 Å². The summed E-state index contributed by atoms with van der Waals surface area (Å²) in [5, 5.41) is 11.5. The highest BCUT2D eigenvalue weighted by atomic mass is 19.4. The summed E-state index contributed by atoms with van der Waals surface area (Å²) in [5.41, 5.74) is 0. The number of carbonyl (C=O) groups is 1. The zero-order chi connectivity index (χ0) is 12.6. The SMILES string of the molecule is O=C(NCC(F)(F)F)N1CC2CCC(O)C2C1. The van der Waals surface area contributed by atoms with Gasteiger partial charge >= 0.3 is 12.2 Å². The van der Waals surface area contributed by atoms with Crippen molar-refractivity contribution in [2.45, 2.75) is 25.1 Å². The second-order valence-corrected chi connectivity index (χ2v) is 4.75. The van der Waals surface area contributed by atoms with Gasteiger partial charge in [0.15, 0.2) is 0 Å². The lowest BCUT2D eigenvalue weighted by Crippen LogP contribution is -2.43. The molecule has 2 rings (SSSR count). The highest BCUT2D eigenvalue weighted by Crippen LogP contribution is 2.37. The molecule has 1 aliphatic heterocycles. The molecular formula is C10H15F3N2O2. The monoisotopic (exact) mass is 252 g/mol. The fourth-order valence-electron chi connectivity index (χ4n) is 2.69. The van der Waals surface area contributed by atoms with Crippen LogP contribution in [0, 0.1) is 11.8 Å². The number of fused-ring (bicyclic) bond motifs is 1. The number of hydrogen-bond donors (Lipinski definition) is 2. The predicted molar refractivity (Wildman–Crippen MR) is 53.2 cm³/mol. The van der Waals surface area contributed by atoms with Crippen molar-refractivity contribution in [2.24, 2.45) is 11.8 Å². The standard InChI is InChI=1S/C10H15F3N2O2/c11-10(12,13)5-14-9(17)15-3-6-1-2-8(16)7(6)4-15/h6-8,16H,1-5H2,(H,14,17). The number of amides is 2. The van der Waals surface area contributed by atoms with E-state index in [0.29, 0.717) is 13.1 Å². The van der Waals surface area contributed by atoms with Crippen molar-refractivity contribution in [3.05, 3.63) is 0 Å². The predicted octanol–water partition coefficient (Wildman–Crippen LogP) is 0.961. The number of nitrogens with zero attached hydrogens (tertiary/aromatic N) is 1.